The molecule has 7 heteroatoms. The number of nitrogens with one attached hydrogen (secondary N) is 1. The number of benzene rings is 1. The van der Waals surface area contributed by atoms with E-state index in [0.717, 1.165) is 17.7 Å². The third-order valence-corrected chi connectivity index (χ3v) is 4.08. The van der Waals surface area contributed by atoms with Gasteiger partial charge in [-0.05, 0) is 11.6 Å². The maximum atomic E-state index is 12.2. The molecular formula is C17H19N3O4. The van der Waals surface area contributed by atoms with Crippen molar-refractivity contribution in [2.24, 2.45) is 0 Å². The third kappa shape index (κ3) is 3.56. The molecule has 0 aliphatic carbocycles. The first-order valence-corrected chi connectivity index (χ1v) is 7.81. The van der Waals surface area contributed by atoms with Gasteiger partial charge in [-0.3, -0.25) is 14.6 Å². The zero-order valence-corrected chi connectivity index (χ0v) is 13.4. The number of hydrogen-bond donors (Lipinski definition) is 1. The topological polar surface area (TPSA) is 84.4 Å². The van der Waals surface area contributed by atoms with E-state index >= 15 is 0 Å². The molecular weight excluding hydrogens is 310 g/mol. The minimum Gasteiger partial charge on any atom is -0.488 e. The number of fused-ring (bicyclic) bond motifs is 1. The fraction of sp³-hybridized carbons (Fsp3) is 0.353. The molecule has 2 aromatic rings. The van der Waals surface area contributed by atoms with Crippen molar-refractivity contribution in [2.45, 2.75) is 25.5 Å². The number of ether oxygens (including phenoxy) is 1. The van der Waals surface area contributed by atoms with Crippen LogP contribution in [0.25, 0.3) is 0 Å². The maximum absolute atomic E-state index is 12.2. The SMILES string of the molecule is CN(C[C@H]1Cc2ccccc2O1)C(=O)CCn1ccc(=O)[nH]c1=O. The molecule has 0 unspecified atom stereocenters. The highest BCUT2D eigenvalue weighted by Crippen LogP contribution is 2.28. The minimum absolute atomic E-state index is 0.0489. The van der Waals surface area contributed by atoms with Gasteiger partial charge in [-0.15, -0.1) is 0 Å². The summed E-state index contributed by atoms with van der Waals surface area (Å²) in [5.74, 6) is 0.802. The van der Waals surface area contributed by atoms with Gasteiger partial charge in [0.25, 0.3) is 5.56 Å². The summed E-state index contributed by atoms with van der Waals surface area (Å²) in [7, 11) is 1.73. The summed E-state index contributed by atoms with van der Waals surface area (Å²) in [6.45, 7) is 0.721. The Bertz CT molecular complexity index is 830. The molecule has 24 heavy (non-hydrogen) atoms. The molecule has 0 spiro atoms. The van der Waals surface area contributed by atoms with E-state index in [4.69, 9.17) is 4.74 Å². The van der Waals surface area contributed by atoms with E-state index in [0.29, 0.717) is 6.54 Å². The number of hydrogen-bond acceptors (Lipinski definition) is 4. The van der Waals surface area contributed by atoms with Crippen LogP contribution in [-0.2, 0) is 17.8 Å². The highest BCUT2D eigenvalue weighted by atomic mass is 16.5. The van der Waals surface area contributed by atoms with Crippen LogP contribution in [0.1, 0.15) is 12.0 Å². The zero-order valence-electron chi connectivity index (χ0n) is 13.4. The van der Waals surface area contributed by atoms with Crippen LogP contribution in [0.2, 0.25) is 0 Å². The molecule has 1 aliphatic heterocycles. The van der Waals surface area contributed by atoms with Crippen LogP contribution in [0.3, 0.4) is 0 Å². The monoisotopic (exact) mass is 329 g/mol. The molecule has 0 saturated heterocycles. The van der Waals surface area contributed by atoms with Crippen LogP contribution in [0.15, 0.2) is 46.1 Å². The van der Waals surface area contributed by atoms with Gasteiger partial charge in [-0.1, -0.05) is 18.2 Å². The molecule has 0 fully saturated rings. The smallest absolute Gasteiger partial charge is 0.328 e. The van der Waals surface area contributed by atoms with Gasteiger partial charge < -0.3 is 14.2 Å². The number of amides is 1. The molecule has 0 radical (unpaired) electrons. The van der Waals surface area contributed by atoms with E-state index in [1.165, 1.54) is 16.8 Å². The fourth-order valence-electron chi connectivity index (χ4n) is 2.79. The molecule has 1 aromatic carbocycles. The van der Waals surface area contributed by atoms with Crippen LogP contribution in [0.4, 0.5) is 0 Å². The molecule has 1 N–H and O–H groups in total. The normalized spacial score (nSPS) is 15.6. The van der Waals surface area contributed by atoms with Gasteiger partial charge >= 0.3 is 5.69 Å². The van der Waals surface area contributed by atoms with Crippen LogP contribution in [0, 0.1) is 0 Å². The van der Waals surface area contributed by atoms with Gasteiger partial charge in [0, 0.05) is 38.7 Å². The van der Waals surface area contributed by atoms with Crippen molar-refractivity contribution in [2.75, 3.05) is 13.6 Å². The van der Waals surface area contributed by atoms with Crippen LogP contribution in [0.5, 0.6) is 5.75 Å². The molecule has 126 valence electrons. The fourth-order valence-corrected chi connectivity index (χ4v) is 2.79. The Balaban J connectivity index is 1.52. The Morgan fingerprint density at radius 1 is 1.33 bits per heavy atom. The Labute approximate surface area is 138 Å². The standard InChI is InChI=1S/C17H19N3O4/c1-19(11-13-10-12-4-2-3-5-14(12)24-13)16(22)7-9-20-8-6-15(21)18-17(20)23/h2-6,8,13H,7,9-11H2,1H3,(H,18,21,23)/t13-/m1/s1. The van der Waals surface area contributed by atoms with Gasteiger partial charge in [0.15, 0.2) is 0 Å². The molecule has 1 amide bonds. The number of rotatable bonds is 5. The Morgan fingerprint density at radius 2 is 2.12 bits per heavy atom. The van der Waals surface area contributed by atoms with Gasteiger partial charge in [0.05, 0.1) is 6.54 Å². The van der Waals surface area contributed by atoms with E-state index in [1.54, 1.807) is 11.9 Å². The maximum Gasteiger partial charge on any atom is 0.328 e. The summed E-state index contributed by atoms with van der Waals surface area (Å²) in [5, 5.41) is 0. The highest BCUT2D eigenvalue weighted by Gasteiger charge is 2.24. The van der Waals surface area contributed by atoms with Crippen molar-refractivity contribution >= 4 is 5.91 Å². The summed E-state index contributed by atoms with van der Waals surface area (Å²) in [4.78, 5) is 38.6. The first-order valence-electron chi connectivity index (χ1n) is 7.81. The van der Waals surface area contributed by atoms with Crippen molar-refractivity contribution in [1.29, 1.82) is 0 Å². The van der Waals surface area contributed by atoms with Gasteiger partial charge in [-0.25, -0.2) is 4.79 Å². The summed E-state index contributed by atoms with van der Waals surface area (Å²) >= 11 is 0. The molecule has 7 nitrogen and oxygen atoms in total. The van der Waals surface area contributed by atoms with Gasteiger partial charge in [0.1, 0.15) is 11.9 Å². The third-order valence-electron chi connectivity index (χ3n) is 4.08. The van der Waals surface area contributed by atoms with Gasteiger partial charge in [0.2, 0.25) is 5.91 Å². The quantitative estimate of drug-likeness (QED) is 0.860. The summed E-state index contributed by atoms with van der Waals surface area (Å²) in [6, 6.07) is 9.12. The van der Waals surface area contributed by atoms with Crippen molar-refractivity contribution in [1.82, 2.24) is 14.5 Å². The number of H-pyrrole nitrogens is 1. The average Bonchev–Trinajstić information content (AvgIpc) is 2.95. The molecule has 1 aliphatic rings. The number of para-hydroxylation sites is 1. The second-order valence-corrected chi connectivity index (χ2v) is 5.88. The summed E-state index contributed by atoms with van der Waals surface area (Å²) in [5.41, 5.74) is 0.202. The van der Waals surface area contributed by atoms with E-state index in [1.807, 2.05) is 24.3 Å². The van der Waals surface area contributed by atoms with E-state index in [2.05, 4.69) is 4.98 Å². The van der Waals surface area contributed by atoms with E-state index in [-0.39, 0.29) is 25.0 Å². The lowest BCUT2D eigenvalue weighted by Gasteiger charge is -2.21. The number of carbonyl (C=O) groups excluding carboxylic acids is 1. The zero-order chi connectivity index (χ0) is 17.1. The lowest BCUT2D eigenvalue weighted by Crippen LogP contribution is -2.37. The first-order chi connectivity index (χ1) is 11.5. The summed E-state index contributed by atoms with van der Waals surface area (Å²) < 4.78 is 7.15. The lowest BCUT2D eigenvalue weighted by atomic mass is 10.1. The molecule has 0 bridgehead atoms. The van der Waals surface area contributed by atoms with Crippen LogP contribution in [-0.4, -0.2) is 40.1 Å². The predicted octanol–water partition coefficient (Wildman–Crippen LogP) is 0.389. The molecule has 1 atom stereocenters. The van der Waals surface area contributed by atoms with Crippen molar-refractivity contribution in [3.63, 3.8) is 0 Å². The molecule has 2 heterocycles. The Kier molecular flexibility index (Phi) is 4.50. The molecule has 1 aromatic heterocycles. The Hall–Kier alpha value is -2.83. The van der Waals surface area contributed by atoms with E-state index < -0.39 is 11.2 Å². The largest absolute Gasteiger partial charge is 0.488 e. The first kappa shape index (κ1) is 16.0. The number of aromatic nitrogens is 2. The number of aromatic amines is 1. The van der Waals surface area contributed by atoms with Crippen molar-refractivity contribution < 1.29 is 9.53 Å². The van der Waals surface area contributed by atoms with Crippen LogP contribution < -0.4 is 16.0 Å². The second kappa shape index (κ2) is 6.74. The number of likely N-dealkylation sites (N-methyl/N-ethyl adjacent to an activating group) is 1. The second-order valence-electron chi connectivity index (χ2n) is 5.88. The molecule has 3 rings (SSSR count). The lowest BCUT2D eigenvalue weighted by molar-refractivity contribution is -0.131. The van der Waals surface area contributed by atoms with Crippen molar-refractivity contribution in [3.05, 3.63) is 62.9 Å². The minimum atomic E-state index is -0.507. The average molecular weight is 329 g/mol. The van der Waals surface area contributed by atoms with Gasteiger partial charge in [-0.2, -0.15) is 0 Å². The number of aryl methyl sites for hydroxylation is 1. The summed E-state index contributed by atoms with van der Waals surface area (Å²) in [6.07, 6.45) is 2.31. The Morgan fingerprint density at radius 3 is 2.88 bits per heavy atom. The highest BCUT2D eigenvalue weighted by molar-refractivity contribution is 5.75. The van der Waals surface area contributed by atoms with Crippen LogP contribution >= 0.6 is 0 Å². The van der Waals surface area contributed by atoms with Crippen molar-refractivity contribution in [3.8, 4) is 5.75 Å². The van der Waals surface area contributed by atoms with E-state index in [9.17, 15) is 14.4 Å². The number of nitrogens with zero attached hydrogens (tertiary/aromatic N) is 2. The predicted molar refractivity (Wildman–Crippen MR) is 88.1 cm³/mol. The number of carbonyl (C=O) groups is 1. The molecule has 0 saturated carbocycles.